The highest BCUT2D eigenvalue weighted by Gasteiger charge is 2.35. The van der Waals surface area contributed by atoms with Crippen LogP contribution in [0.2, 0.25) is 13.1 Å². The maximum absolute atomic E-state index is 12.4. The molecule has 0 aromatic carbocycles. The van der Waals surface area contributed by atoms with E-state index in [1.807, 2.05) is 27.7 Å². The number of nitrogens with one attached hydrogen (secondary N) is 1. The first-order valence-electron chi connectivity index (χ1n) is 14.2. The fraction of sp³-hybridized carbons (Fsp3) is 0.964. The normalized spacial score (nSPS) is 17.1. The minimum absolute atomic E-state index is 0.00116. The zero-order chi connectivity index (χ0) is 27.4. The molecular weight excluding hydrogens is 437 g/mol. The number of amides is 1. The van der Waals surface area contributed by atoms with Gasteiger partial charge < -0.3 is 20.0 Å². The number of nitrogens with zero attached hydrogens (tertiary/aromatic N) is 2. The maximum Gasteiger partial charge on any atom is 0.225 e. The monoisotopic (exact) mass is 497 g/mol. The van der Waals surface area contributed by atoms with Crippen LogP contribution in [0.5, 0.6) is 0 Å². The van der Waals surface area contributed by atoms with Crippen molar-refractivity contribution in [3.8, 4) is 0 Å². The summed E-state index contributed by atoms with van der Waals surface area (Å²) in [4.78, 5) is 17.6. The lowest BCUT2D eigenvalue weighted by Crippen LogP contribution is -2.59. The number of aliphatic hydroxyl groups is 1. The minimum Gasteiger partial charge on any atom is -0.396 e. The molecule has 0 aromatic heterocycles. The summed E-state index contributed by atoms with van der Waals surface area (Å²) < 4.78 is 6.31. The number of ether oxygens (including phenoxy) is 1. The summed E-state index contributed by atoms with van der Waals surface area (Å²) in [6.07, 6.45) is 3.25. The highest BCUT2D eigenvalue weighted by molar-refractivity contribution is 6.54. The van der Waals surface area contributed by atoms with Crippen LogP contribution in [0, 0.1) is 17.3 Å². The average molecular weight is 498 g/mol. The molecule has 1 fully saturated rings. The van der Waals surface area contributed by atoms with Crippen LogP contribution in [-0.2, 0) is 9.53 Å². The van der Waals surface area contributed by atoms with Gasteiger partial charge in [0, 0.05) is 38.3 Å². The molecule has 1 aliphatic rings. The largest absolute Gasteiger partial charge is 0.396 e. The van der Waals surface area contributed by atoms with E-state index in [0.717, 1.165) is 51.9 Å². The Labute approximate surface area is 219 Å². The molecule has 0 aromatic rings. The molecule has 1 saturated heterocycles. The molecule has 1 amide bonds. The zero-order valence-corrected chi connectivity index (χ0v) is 25.5. The quantitative estimate of drug-likeness (QED) is 0.330. The van der Waals surface area contributed by atoms with Crippen LogP contribution in [-0.4, -0.2) is 84.6 Å². The second kappa shape index (κ2) is 15.6. The van der Waals surface area contributed by atoms with Crippen molar-refractivity contribution in [3.63, 3.8) is 0 Å². The van der Waals surface area contributed by atoms with Gasteiger partial charge in [0.2, 0.25) is 12.8 Å². The molecule has 0 aliphatic carbocycles. The van der Waals surface area contributed by atoms with Gasteiger partial charge in [-0.2, -0.15) is 0 Å². The molecule has 0 radical (unpaired) electrons. The third kappa shape index (κ3) is 12.4. The van der Waals surface area contributed by atoms with E-state index < -0.39 is 0 Å². The highest BCUT2D eigenvalue weighted by Crippen LogP contribution is 2.27. The molecule has 0 spiro atoms. The van der Waals surface area contributed by atoms with E-state index in [1.165, 1.54) is 0 Å². The Morgan fingerprint density at radius 1 is 1.06 bits per heavy atom. The lowest BCUT2D eigenvalue weighted by Gasteiger charge is -2.46. The van der Waals surface area contributed by atoms with E-state index in [9.17, 15) is 9.90 Å². The third-order valence-electron chi connectivity index (χ3n) is 7.39. The number of carbonyl (C=O) groups is 1. The van der Waals surface area contributed by atoms with Crippen molar-refractivity contribution >= 4 is 12.8 Å². The SMILES string of the molecule is CC.CCCC(C)(C)OCC(C)(C)N1CCN(B(C)CC(C)(C)CNC(=O)C(CO)C(C)C)CC1. The maximum atomic E-state index is 12.4. The van der Waals surface area contributed by atoms with Crippen LogP contribution in [0.15, 0.2) is 0 Å². The molecule has 6 nitrogen and oxygen atoms in total. The summed E-state index contributed by atoms with van der Waals surface area (Å²) in [5.41, 5.74) is -0.0273. The predicted octanol–water partition coefficient (Wildman–Crippen LogP) is 5.03. The molecule has 2 N–H and O–H groups in total. The average Bonchev–Trinajstić information content (AvgIpc) is 2.78. The van der Waals surface area contributed by atoms with Gasteiger partial charge in [-0.3, -0.25) is 9.69 Å². The highest BCUT2D eigenvalue weighted by atomic mass is 16.5. The fourth-order valence-corrected chi connectivity index (χ4v) is 4.96. The number of aliphatic hydroxyl groups excluding tert-OH is 1. The molecule has 1 rings (SSSR count). The van der Waals surface area contributed by atoms with Crippen LogP contribution < -0.4 is 5.32 Å². The molecule has 1 aliphatic heterocycles. The number of piperazine rings is 1. The van der Waals surface area contributed by atoms with Crippen LogP contribution in [0.4, 0.5) is 0 Å². The van der Waals surface area contributed by atoms with Crippen molar-refractivity contribution in [3.05, 3.63) is 0 Å². The van der Waals surface area contributed by atoms with Gasteiger partial charge >= 0.3 is 0 Å². The van der Waals surface area contributed by atoms with E-state index in [0.29, 0.717) is 13.4 Å². The molecule has 0 saturated carbocycles. The first-order chi connectivity index (χ1) is 16.1. The van der Waals surface area contributed by atoms with Crippen LogP contribution in [0.3, 0.4) is 0 Å². The van der Waals surface area contributed by atoms with E-state index in [2.05, 4.69) is 70.3 Å². The van der Waals surface area contributed by atoms with E-state index in [1.54, 1.807) is 0 Å². The summed E-state index contributed by atoms with van der Waals surface area (Å²) in [5, 5.41) is 12.6. The molecule has 0 bridgehead atoms. The number of carbonyl (C=O) groups excluding carboxylic acids is 1. The number of rotatable bonds is 14. The van der Waals surface area contributed by atoms with E-state index >= 15 is 0 Å². The summed E-state index contributed by atoms with van der Waals surface area (Å²) >= 11 is 0. The summed E-state index contributed by atoms with van der Waals surface area (Å²) in [7, 11) is 0. The van der Waals surface area contributed by atoms with Crippen LogP contribution in [0.1, 0.15) is 89.0 Å². The number of hydrogen-bond acceptors (Lipinski definition) is 5. The van der Waals surface area contributed by atoms with Crippen molar-refractivity contribution in [2.45, 2.75) is 113 Å². The van der Waals surface area contributed by atoms with Crippen molar-refractivity contribution < 1.29 is 14.6 Å². The predicted molar refractivity (Wildman–Crippen MR) is 152 cm³/mol. The molecule has 1 atom stereocenters. The van der Waals surface area contributed by atoms with Crippen molar-refractivity contribution in [1.82, 2.24) is 15.0 Å². The Bertz CT molecular complexity index is 588. The van der Waals surface area contributed by atoms with Crippen molar-refractivity contribution in [2.75, 3.05) is 45.9 Å². The van der Waals surface area contributed by atoms with Crippen molar-refractivity contribution in [1.29, 1.82) is 0 Å². The molecule has 7 heteroatoms. The molecule has 1 unspecified atom stereocenters. The first-order valence-corrected chi connectivity index (χ1v) is 14.2. The summed E-state index contributed by atoms with van der Waals surface area (Å²) in [6.45, 7) is 31.9. The standard InChI is InChI=1S/C26H54BN3O3.C2H6/c1-11-12-26(8,9)33-20-25(6,7)29-13-15-30(16-14-29)27(10)18-24(4,5)19-28-23(32)22(17-31)21(2)3;1-2/h21-22,31H,11-20H2,1-10H3,(H,28,32);1-2H3. The Morgan fingerprint density at radius 3 is 2.06 bits per heavy atom. The lowest BCUT2D eigenvalue weighted by molar-refractivity contribution is -0.128. The lowest BCUT2D eigenvalue weighted by atomic mass is 9.53. The molecule has 208 valence electrons. The fourth-order valence-electron chi connectivity index (χ4n) is 4.96. The zero-order valence-electron chi connectivity index (χ0n) is 25.5. The Kier molecular flexibility index (Phi) is 15.3. The van der Waals surface area contributed by atoms with Gasteiger partial charge in [0.25, 0.3) is 0 Å². The van der Waals surface area contributed by atoms with E-state index in [4.69, 9.17) is 4.74 Å². The van der Waals surface area contributed by atoms with Gasteiger partial charge in [-0.05, 0) is 45.4 Å². The Balaban J connectivity index is 0.00000562. The summed E-state index contributed by atoms with van der Waals surface area (Å²) in [6, 6.07) is 0. The summed E-state index contributed by atoms with van der Waals surface area (Å²) in [5.74, 6) is -0.222. The van der Waals surface area contributed by atoms with Crippen LogP contribution in [0.25, 0.3) is 0 Å². The van der Waals surface area contributed by atoms with Gasteiger partial charge in [0.1, 0.15) is 0 Å². The van der Waals surface area contributed by atoms with Crippen molar-refractivity contribution in [2.24, 2.45) is 17.3 Å². The molecular formula is C28H60BN3O3. The van der Waals surface area contributed by atoms with Crippen LogP contribution >= 0.6 is 0 Å². The van der Waals surface area contributed by atoms with Gasteiger partial charge in [-0.1, -0.05) is 68.0 Å². The topological polar surface area (TPSA) is 65.0 Å². The van der Waals surface area contributed by atoms with Gasteiger partial charge in [-0.15, -0.1) is 0 Å². The number of hydrogen-bond donors (Lipinski definition) is 2. The second-order valence-corrected chi connectivity index (χ2v) is 12.6. The Morgan fingerprint density at radius 2 is 1.60 bits per heavy atom. The molecule has 1 heterocycles. The third-order valence-corrected chi connectivity index (χ3v) is 7.39. The van der Waals surface area contributed by atoms with Gasteiger partial charge in [0.15, 0.2) is 0 Å². The second-order valence-electron chi connectivity index (χ2n) is 12.6. The first kappa shape index (κ1) is 34.4. The van der Waals surface area contributed by atoms with Gasteiger partial charge in [0.05, 0.1) is 24.7 Å². The Hall–Kier alpha value is -0.625. The van der Waals surface area contributed by atoms with Gasteiger partial charge in [-0.25, -0.2) is 0 Å². The smallest absolute Gasteiger partial charge is 0.225 e. The minimum atomic E-state index is -0.328. The molecule has 35 heavy (non-hydrogen) atoms. The van der Waals surface area contributed by atoms with E-state index in [-0.39, 0.29) is 40.9 Å².